The molecular weight excluding hydrogens is 641 g/mol. The van der Waals surface area contributed by atoms with Crippen LogP contribution in [0, 0.1) is 26.8 Å². The van der Waals surface area contributed by atoms with Crippen LogP contribution in [0.5, 0.6) is 0 Å². The summed E-state index contributed by atoms with van der Waals surface area (Å²) in [6, 6.07) is 43.3. The average molecular weight is 673 g/mol. The maximum Gasteiger partial charge on any atom is 0.103 e. The van der Waals surface area contributed by atoms with E-state index in [1.807, 2.05) is 39.0 Å². The number of fused-ring (bicyclic) bond motifs is 3. The fourth-order valence-corrected chi connectivity index (χ4v) is 6.04. The van der Waals surface area contributed by atoms with Crippen LogP contribution in [0.4, 0.5) is 0 Å². The van der Waals surface area contributed by atoms with Crippen LogP contribution in [-0.2, 0) is 27.3 Å². The molecule has 205 valence electrons. The topological polar surface area (TPSA) is 40.9 Å². The Hall–Kier alpha value is -2.75. The summed E-state index contributed by atoms with van der Waals surface area (Å²) < 4.78 is 0. The van der Waals surface area contributed by atoms with Gasteiger partial charge in [-0.05, 0) is 38.3 Å². The van der Waals surface area contributed by atoms with Crippen molar-refractivity contribution in [2.24, 2.45) is 0 Å². The summed E-state index contributed by atoms with van der Waals surface area (Å²) in [4.78, 5) is 10.9. The molecular formula is C35H32Cl2NOSiZr. The number of amides is 1. The van der Waals surface area contributed by atoms with Gasteiger partial charge in [-0.1, -0.05) is 124 Å². The molecule has 0 spiro atoms. The van der Waals surface area contributed by atoms with Crippen molar-refractivity contribution in [3.05, 3.63) is 160 Å². The van der Waals surface area contributed by atoms with Crippen molar-refractivity contribution in [3.8, 4) is 11.1 Å². The molecule has 1 amide bonds. The largest absolute Gasteiger partial charge is 0.179 e. The molecule has 6 heteroatoms. The van der Waals surface area contributed by atoms with Gasteiger partial charge < -0.3 is 10.5 Å². The van der Waals surface area contributed by atoms with Crippen molar-refractivity contribution in [1.82, 2.24) is 0 Å². The Morgan fingerprint density at radius 1 is 0.756 bits per heavy atom. The number of carbonyl (C=O) groups is 1. The number of halogens is 2. The summed E-state index contributed by atoms with van der Waals surface area (Å²) in [5, 5.41) is 2.90. The standard InChI is InChI=1S/C13H9.C12H11Si.C10H13NO.2ClH.Zr/c1-3-7-12-10(5-1)9-11-6-2-4-8-13(11)12;1-3-7-11(8-4-1)13-12-9-5-2-6-10-12;1-6-4-7(2)9(10(11)12)8(3)5-6;;;/h1-5,7-8H,9H2;1-10,13H;4-5H,1-3H3,(H2,11,12);2*1H;/q-1;;;;;+4/p-3. The first-order valence-corrected chi connectivity index (χ1v) is 20.6. The second-order valence-electron chi connectivity index (χ2n) is 9.54. The number of rotatable bonds is 3. The molecule has 5 aromatic rings. The van der Waals surface area contributed by atoms with E-state index in [0.29, 0.717) is 5.56 Å². The van der Waals surface area contributed by atoms with Crippen molar-refractivity contribution >= 4 is 42.8 Å². The molecule has 0 atom stereocenters. The number of aryl methyl sites for hydroxylation is 3. The summed E-state index contributed by atoms with van der Waals surface area (Å²) >= 11 is -0.826. The van der Waals surface area contributed by atoms with Crippen molar-refractivity contribution in [2.75, 3.05) is 0 Å². The Bertz CT molecular complexity index is 1440. The molecule has 0 saturated heterocycles. The summed E-state index contributed by atoms with van der Waals surface area (Å²) in [5.74, 6) is -0.593. The molecule has 2 nitrogen and oxygen atoms in total. The third kappa shape index (κ3) is 10.2. The quantitative estimate of drug-likeness (QED) is 0.138. The van der Waals surface area contributed by atoms with Crippen LogP contribution in [0.25, 0.3) is 16.9 Å². The zero-order chi connectivity index (χ0) is 29.6. The van der Waals surface area contributed by atoms with E-state index in [-0.39, 0.29) is 9.52 Å². The maximum atomic E-state index is 10.9. The van der Waals surface area contributed by atoms with Crippen LogP contribution >= 0.6 is 17.0 Å². The second-order valence-corrected chi connectivity index (χ2v) is 14.9. The average Bonchev–Trinajstić information content (AvgIpc) is 3.33. The summed E-state index contributed by atoms with van der Waals surface area (Å²) in [7, 11) is 10.1. The fourth-order valence-electron chi connectivity index (χ4n) is 4.83. The van der Waals surface area contributed by atoms with E-state index in [2.05, 4.69) is 103 Å². The zero-order valence-corrected chi connectivity index (χ0v) is 28.5. The predicted molar refractivity (Wildman–Crippen MR) is 174 cm³/mol. The van der Waals surface area contributed by atoms with Crippen molar-refractivity contribution in [3.63, 3.8) is 0 Å². The summed E-state index contributed by atoms with van der Waals surface area (Å²) in [5.41, 5.74) is 16.0. The maximum absolute atomic E-state index is 10.9. The molecule has 0 aromatic heterocycles. The van der Waals surface area contributed by atoms with Gasteiger partial charge in [-0.2, -0.15) is 29.8 Å². The van der Waals surface area contributed by atoms with E-state index in [4.69, 9.17) is 22.8 Å². The molecule has 0 aliphatic heterocycles. The molecule has 0 saturated carbocycles. The molecule has 41 heavy (non-hydrogen) atoms. The van der Waals surface area contributed by atoms with Gasteiger partial charge in [0.1, 0.15) is 9.52 Å². The van der Waals surface area contributed by atoms with Crippen LogP contribution in [0.15, 0.2) is 115 Å². The van der Waals surface area contributed by atoms with E-state index in [0.717, 1.165) is 23.1 Å². The number of carbonyl (C=O) groups excluding carboxylic acids is 1. The van der Waals surface area contributed by atoms with Crippen LogP contribution in [0.1, 0.15) is 38.2 Å². The van der Waals surface area contributed by atoms with Gasteiger partial charge in [-0.15, -0.1) is 5.56 Å². The smallest absolute Gasteiger partial charge is 0.103 e. The van der Waals surface area contributed by atoms with E-state index >= 15 is 0 Å². The monoisotopic (exact) mass is 670 g/mol. The van der Waals surface area contributed by atoms with Gasteiger partial charge >= 0.3 is 37.9 Å². The van der Waals surface area contributed by atoms with E-state index in [9.17, 15) is 4.79 Å². The normalized spacial score (nSPS) is 10.2. The predicted octanol–water partition coefficient (Wildman–Crippen LogP) is 8.31. The Balaban J connectivity index is 0.000000161. The number of benzene rings is 5. The van der Waals surface area contributed by atoms with Gasteiger partial charge in [-0.3, -0.25) is 0 Å². The zero-order valence-electron chi connectivity index (χ0n) is 23.4. The Morgan fingerprint density at radius 2 is 1.24 bits per heavy atom. The third-order valence-corrected chi connectivity index (χ3v) is 7.89. The van der Waals surface area contributed by atoms with Gasteiger partial charge in [0.25, 0.3) is 0 Å². The first-order chi connectivity index (χ1) is 19.8. The summed E-state index contributed by atoms with van der Waals surface area (Å²) in [6.45, 7) is 5.71. The number of hydrogen-bond acceptors (Lipinski definition) is 1. The minimum absolute atomic E-state index is 0.271. The van der Waals surface area contributed by atoms with Gasteiger partial charge in [0.05, 0.1) is 5.91 Å². The second kappa shape index (κ2) is 17.3. The van der Waals surface area contributed by atoms with Crippen molar-refractivity contribution < 1.29 is 25.6 Å². The van der Waals surface area contributed by atoms with Crippen molar-refractivity contribution in [2.45, 2.75) is 27.2 Å². The third-order valence-electron chi connectivity index (χ3n) is 6.45. The van der Waals surface area contributed by atoms with Crippen molar-refractivity contribution in [1.29, 1.82) is 0 Å². The van der Waals surface area contributed by atoms with Gasteiger partial charge in [0.2, 0.25) is 0 Å². The van der Waals surface area contributed by atoms with E-state index in [1.165, 1.54) is 32.6 Å². The first kappa shape index (κ1) is 32.8. The molecule has 1 N–H and O–H groups in total. The Morgan fingerprint density at radius 3 is 1.78 bits per heavy atom. The molecule has 0 heterocycles. The minimum Gasteiger partial charge on any atom is -0.179 e. The molecule has 0 fully saturated rings. The van der Waals surface area contributed by atoms with E-state index in [1.54, 1.807) is 0 Å². The Kier molecular flexibility index (Phi) is 13.8. The molecule has 1 radical (unpaired) electrons. The van der Waals surface area contributed by atoms with E-state index < -0.39 is 26.8 Å². The molecule has 5 aromatic carbocycles. The minimum atomic E-state index is -0.826. The van der Waals surface area contributed by atoms with Gasteiger partial charge in [-0.25, -0.2) is 0 Å². The molecule has 1 aliphatic rings. The van der Waals surface area contributed by atoms with Gasteiger partial charge in [0.15, 0.2) is 0 Å². The molecule has 1 aliphatic carbocycles. The summed E-state index contributed by atoms with van der Waals surface area (Å²) in [6.07, 6.45) is 1.05. The first-order valence-electron chi connectivity index (χ1n) is 13.2. The fraction of sp³-hybridized carbons (Fsp3) is 0.114. The SMILES string of the molecule is Cc1cc(C)c(C([NH-])=O)c(C)c1.[Cl][Zr+2][Cl].[c-]1cccc2c1Cc1ccccc1-2.c1ccc([SiH]c2ccccc2)cc1. The molecule has 0 bridgehead atoms. The van der Waals surface area contributed by atoms with Crippen LogP contribution < -0.4 is 10.4 Å². The molecule has 6 rings (SSSR count). The number of nitrogens with one attached hydrogen (secondary N) is 1. The molecule has 0 unspecified atom stereocenters. The van der Waals surface area contributed by atoms with Crippen LogP contribution in [-0.4, -0.2) is 15.4 Å². The van der Waals surface area contributed by atoms with Crippen LogP contribution in [0.2, 0.25) is 0 Å². The Labute approximate surface area is 265 Å². The van der Waals surface area contributed by atoms with Gasteiger partial charge in [0, 0.05) is 5.56 Å². The number of hydrogen-bond donors (Lipinski definition) is 0. The van der Waals surface area contributed by atoms with Crippen LogP contribution in [0.3, 0.4) is 0 Å².